The van der Waals surface area contributed by atoms with Crippen LogP contribution in [-0.4, -0.2) is 25.2 Å². The molecule has 2 aromatic carbocycles. The molecule has 0 N–H and O–H groups in total. The zero-order valence-corrected chi connectivity index (χ0v) is 13.0. The fraction of sp³-hybridized carbons (Fsp3) is 0.0588. The minimum absolute atomic E-state index is 0.765. The number of rotatable bonds is 4. The summed E-state index contributed by atoms with van der Waals surface area (Å²) in [6.07, 6.45) is 1.82. The second kappa shape index (κ2) is 6.18. The van der Waals surface area contributed by atoms with Gasteiger partial charge in [-0.1, -0.05) is 54.2 Å². The zero-order chi connectivity index (χ0) is 15.5. The smallest absolute Gasteiger partial charge is 0.214 e. The number of hydrogen-bond acceptors (Lipinski definition) is 5. The average Bonchev–Trinajstić information content (AvgIpc) is 3.09. The van der Waals surface area contributed by atoms with Crippen molar-refractivity contribution in [2.24, 2.45) is 0 Å². The van der Waals surface area contributed by atoms with Crippen molar-refractivity contribution in [3.8, 4) is 5.69 Å². The first-order chi connectivity index (χ1) is 11.4. The first kappa shape index (κ1) is 13.9. The minimum Gasteiger partial charge on any atom is -0.256 e. The van der Waals surface area contributed by atoms with Gasteiger partial charge in [0.05, 0.1) is 11.2 Å². The molecule has 0 saturated heterocycles. The van der Waals surface area contributed by atoms with Crippen molar-refractivity contribution in [3.63, 3.8) is 0 Å². The van der Waals surface area contributed by atoms with Crippen LogP contribution in [0.3, 0.4) is 0 Å². The Morgan fingerprint density at radius 3 is 2.70 bits per heavy atom. The van der Waals surface area contributed by atoms with Crippen LogP contribution in [0.2, 0.25) is 0 Å². The summed E-state index contributed by atoms with van der Waals surface area (Å²) in [6.45, 7) is 0. The van der Waals surface area contributed by atoms with Gasteiger partial charge >= 0.3 is 0 Å². The Morgan fingerprint density at radius 1 is 0.913 bits per heavy atom. The van der Waals surface area contributed by atoms with Gasteiger partial charge < -0.3 is 0 Å². The standard InChI is InChI=1S/C17H13N5S/c1-2-9-15(10-3-1)22-17(19-20-21-22)23-12-14-7-4-6-13-8-5-11-18-16(13)14/h1-11H,12H2. The van der Waals surface area contributed by atoms with Crippen molar-refractivity contribution in [3.05, 3.63) is 72.4 Å². The van der Waals surface area contributed by atoms with Crippen LogP contribution in [0, 0.1) is 0 Å². The quantitative estimate of drug-likeness (QED) is 0.539. The number of nitrogens with zero attached hydrogens (tertiary/aromatic N) is 5. The molecule has 0 unspecified atom stereocenters. The Bertz CT molecular complexity index is 931. The van der Waals surface area contributed by atoms with E-state index in [0.717, 1.165) is 27.5 Å². The molecule has 0 bridgehead atoms. The van der Waals surface area contributed by atoms with Gasteiger partial charge in [-0.25, -0.2) is 0 Å². The molecule has 2 aromatic heterocycles. The molecule has 0 aliphatic carbocycles. The molecule has 2 heterocycles. The van der Waals surface area contributed by atoms with Crippen LogP contribution in [0.25, 0.3) is 16.6 Å². The summed E-state index contributed by atoms with van der Waals surface area (Å²) in [4.78, 5) is 4.49. The van der Waals surface area contributed by atoms with Gasteiger partial charge in [-0.3, -0.25) is 4.98 Å². The third-order valence-corrected chi connectivity index (χ3v) is 4.48. The van der Waals surface area contributed by atoms with E-state index in [0.29, 0.717) is 0 Å². The van der Waals surface area contributed by atoms with Crippen molar-refractivity contribution in [2.45, 2.75) is 10.9 Å². The van der Waals surface area contributed by atoms with Gasteiger partial charge in [0.25, 0.3) is 0 Å². The van der Waals surface area contributed by atoms with Crippen LogP contribution >= 0.6 is 11.8 Å². The van der Waals surface area contributed by atoms with Crippen molar-refractivity contribution in [1.29, 1.82) is 0 Å². The van der Waals surface area contributed by atoms with E-state index in [-0.39, 0.29) is 0 Å². The normalized spacial score (nSPS) is 11.0. The number of fused-ring (bicyclic) bond motifs is 1. The van der Waals surface area contributed by atoms with E-state index in [1.165, 1.54) is 5.56 Å². The molecule has 0 aliphatic heterocycles. The average molecular weight is 319 g/mol. The molecule has 6 heteroatoms. The van der Waals surface area contributed by atoms with Crippen LogP contribution in [0.4, 0.5) is 0 Å². The lowest BCUT2D eigenvalue weighted by atomic mass is 10.1. The monoisotopic (exact) mass is 319 g/mol. The molecule has 0 radical (unpaired) electrons. The van der Waals surface area contributed by atoms with Crippen LogP contribution in [0.5, 0.6) is 0 Å². The maximum Gasteiger partial charge on any atom is 0.214 e. The lowest BCUT2D eigenvalue weighted by Crippen LogP contribution is -1.98. The number of thioether (sulfide) groups is 1. The van der Waals surface area contributed by atoms with Crippen LogP contribution in [0.1, 0.15) is 5.56 Å². The van der Waals surface area contributed by atoms with Crippen molar-refractivity contribution in [2.75, 3.05) is 0 Å². The number of para-hydroxylation sites is 2. The van der Waals surface area contributed by atoms with Crippen molar-refractivity contribution in [1.82, 2.24) is 25.2 Å². The maximum atomic E-state index is 4.49. The second-order valence-corrected chi connectivity index (χ2v) is 5.93. The predicted molar refractivity (Wildman–Crippen MR) is 90.5 cm³/mol. The molecule has 5 nitrogen and oxygen atoms in total. The van der Waals surface area contributed by atoms with E-state index in [4.69, 9.17) is 0 Å². The van der Waals surface area contributed by atoms with E-state index in [1.54, 1.807) is 16.4 Å². The number of pyridine rings is 1. The van der Waals surface area contributed by atoms with E-state index in [1.807, 2.05) is 42.6 Å². The number of tetrazole rings is 1. The van der Waals surface area contributed by atoms with Gasteiger partial charge in [-0.05, 0) is 34.2 Å². The lowest BCUT2D eigenvalue weighted by Gasteiger charge is -2.06. The summed E-state index contributed by atoms with van der Waals surface area (Å²) < 4.78 is 1.75. The SMILES string of the molecule is c1ccc(-n2nnnc2SCc2cccc3cccnc23)cc1. The van der Waals surface area contributed by atoms with Gasteiger partial charge in [-0.15, -0.1) is 5.10 Å². The van der Waals surface area contributed by atoms with Gasteiger partial charge in [0, 0.05) is 17.3 Å². The van der Waals surface area contributed by atoms with Gasteiger partial charge in [-0.2, -0.15) is 4.68 Å². The first-order valence-electron chi connectivity index (χ1n) is 7.21. The zero-order valence-electron chi connectivity index (χ0n) is 12.2. The van der Waals surface area contributed by atoms with Crippen molar-refractivity contribution >= 4 is 22.7 Å². The van der Waals surface area contributed by atoms with Gasteiger partial charge in [0.1, 0.15) is 0 Å². The molecule has 0 spiro atoms. The third kappa shape index (κ3) is 2.80. The highest BCUT2D eigenvalue weighted by Gasteiger charge is 2.10. The molecule has 4 rings (SSSR count). The lowest BCUT2D eigenvalue weighted by molar-refractivity contribution is 0.756. The summed E-state index contributed by atoms with van der Waals surface area (Å²) in [7, 11) is 0. The predicted octanol–water partition coefficient (Wildman–Crippen LogP) is 3.50. The number of aromatic nitrogens is 5. The Labute approximate surface area is 137 Å². The molecule has 0 atom stereocenters. The molecule has 23 heavy (non-hydrogen) atoms. The van der Waals surface area contributed by atoms with E-state index in [2.05, 4.69) is 44.8 Å². The Kier molecular flexibility index (Phi) is 3.73. The molecular formula is C17H13N5S. The topological polar surface area (TPSA) is 56.5 Å². The molecular weight excluding hydrogens is 306 g/mol. The summed E-state index contributed by atoms with van der Waals surface area (Å²) in [5.41, 5.74) is 3.16. The fourth-order valence-electron chi connectivity index (χ4n) is 2.43. The van der Waals surface area contributed by atoms with Crippen molar-refractivity contribution < 1.29 is 0 Å². The third-order valence-electron chi connectivity index (χ3n) is 3.51. The Hall–Kier alpha value is -2.73. The van der Waals surface area contributed by atoms with Crippen LogP contribution in [-0.2, 0) is 5.75 Å². The molecule has 0 saturated carbocycles. The van der Waals surface area contributed by atoms with Gasteiger partial charge in [0.2, 0.25) is 5.16 Å². The Morgan fingerprint density at radius 2 is 1.78 bits per heavy atom. The Balaban J connectivity index is 1.62. The molecule has 0 amide bonds. The number of hydrogen-bond donors (Lipinski definition) is 0. The first-order valence-corrected chi connectivity index (χ1v) is 8.19. The fourth-order valence-corrected chi connectivity index (χ4v) is 3.30. The van der Waals surface area contributed by atoms with Gasteiger partial charge in [0.15, 0.2) is 0 Å². The summed E-state index contributed by atoms with van der Waals surface area (Å²) in [6, 6.07) is 20.1. The highest BCUT2D eigenvalue weighted by Crippen LogP contribution is 2.25. The van der Waals surface area contributed by atoms with Crippen LogP contribution < -0.4 is 0 Å². The number of benzene rings is 2. The molecule has 4 aromatic rings. The largest absolute Gasteiger partial charge is 0.256 e. The molecule has 0 aliphatic rings. The second-order valence-electron chi connectivity index (χ2n) is 4.99. The van der Waals surface area contributed by atoms with E-state index >= 15 is 0 Å². The highest BCUT2D eigenvalue weighted by atomic mass is 32.2. The summed E-state index contributed by atoms with van der Waals surface area (Å²) >= 11 is 1.60. The van der Waals surface area contributed by atoms with Crippen LogP contribution in [0.15, 0.2) is 72.0 Å². The molecule has 112 valence electrons. The molecule has 0 fully saturated rings. The highest BCUT2D eigenvalue weighted by molar-refractivity contribution is 7.98. The van der Waals surface area contributed by atoms with E-state index in [9.17, 15) is 0 Å². The van der Waals surface area contributed by atoms with E-state index < -0.39 is 0 Å². The summed E-state index contributed by atoms with van der Waals surface area (Å²) in [5, 5.41) is 13.9. The maximum absolute atomic E-state index is 4.49. The summed E-state index contributed by atoms with van der Waals surface area (Å²) in [5.74, 6) is 0.765. The minimum atomic E-state index is 0.765.